The van der Waals surface area contributed by atoms with Gasteiger partial charge in [-0.25, -0.2) is 12.7 Å². The molecule has 1 aliphatic heterocycles. The van der Waals surface area contributed by atoms with Gasteiger partial charge in [0.05, 0.1) is 5.75 Å². The van der Waals surface area contributed by atoms with E-state index in [0.717, 1.165) is 32.4 Å². The molecule has 0 saturated carbocycles. The van der Waals surface area contributed by atoms with Crippen molar-refractivity contribution in [2.24, 2.45) is 0 Å². The van der Waals surface area contributed by atoms with E-state index in [1.54, 1.807) is 4.31 Å². The SMILES string of the molecule is CCNCCCCS(=O)(=O)N1CCC(c2ccccc2)C1. The van der Waals surface area contributed by atoms with E-state index >= 15 is 0 Å². The molecule has 0 bridgehead atoms. The summed E-state index contributed by atoms with van der Waals surface area (Å²) in [4.78, 5) is 0. The molecule has 0 amide bonds. The molecule has 118 valence electrons. The van der Waals surface area contributed by atoms with Crippen molar-refractivity contribution in [1.29, 1.82) is 0 Å². The van der Waals surface area contributed by atoms with Crippen LogP contribution in [0.5, 0.6) is 0 Å². The predicted molar refractivity (Wildman–Crippen MR) is 86.9 cm³/mol. The van der Waals surface area contributed by atoms with E-state index in [0.29, 0.717) is 19.0 Å². The Morgan fingerprint density at radius 2 is 2.00 bits per heavy atom. The molecule has 2 rings (SSSR count). The van der Waals surface area contributed by atoms with Crippen LogP contribution >= 0.6 is 0 Å². The minimum Gasteiger partial charge on any atom is -0.317 e. The number of unbranched alkanes of at least 4 members (excludes halogenated alkanes) is 1. The lowest BCUT2D eigenvalue weighted by Gasteiger charge is -2.16. The van der Waals surface area contributed by atoms with Crippen LogP contribution in [0.1, 0.15) is 37.7 Å². The first-order valence-corrected chi connectivity index (χ1v) is 9.48. The fourth-order valence-corrected chi connectivity index (χ4v) is 4.44. The highest BCUT2D eigenvalue weighted by molar-refractivity contribution is 7.89. The second-order valence-electron chi connectivity index (χ2n) is 5.63. The summed E-state index contributed by atoms with van der Waals surface area (Å²) in [7, 11) is -3.08. The Bertz CT molecular complexity index is 516. The minimum atomic E-state index is -3.08. The Hall–Kier alpha value is -0.910. The second kappa shape index (κ2) is 7.92. The quantitative estimate of drug-likeness (QED) is 0.749. The average molecular weight is 310 g/mol. The lowest BCUT2D eigenvalue weighted by molar-refractivity contribution is 0.470. The van der Waals surface area contributed by atoms with Crippen molar-refractivity contribution in [2.45, 2.75) is 32.1 Å². The summed E-state index contributed by atoms with van der Waals surface area (Å²) in [5.41, 5.74) is 1.25. The lowest BCUT2D eigenvalue weighted by Crippen LogP contribution is -2.31. The topological polar surface area (TPSA) is 49.4 Å². The molecule has 1 saturated heterocycles. The van der Waals surface area contributed by atoms with Gasteiger partial charge in [-0.05, 0) is 43.8 Å². The Balaban J connectivity index is 1.82. The third-order valence-corrected chi connectivity index (χ3v) is 5.99. The molecule has 1 atom stereocenters. The van der Waals surface area contributed by atoms with Gasteiger partial charge in [0.1, 0.15) is 0 Å². The highest BCUT2D eigenvalue weighted by Crippen LogP contribution is 2.28. The van der Waals surface area contributed by atoms with Crippen LogP contribution in [0.3, 0.4) is 0 Å². The molecule has 1 aliphatic rings. The highest BCUT2D eigenvalue weighted by Gasteiger charge is 2.31. The molecule has 21 heavy (non-hydrogen) atoms. The van der Waals surface area contributed by atoms with E-state index in [1.807, 2.05) is 18.2 Å². The van der Waals surface area contributed by atoms with Gasteiger partial charge in [0.25, 0.3) is 0 Å². The summed E-state index contributed by atoms with van der Waals surface area (Å²) in [5.74, 6) is 0.627. The zero-order valence-electron chi connectivity index (χ0n) is 12.8. The Morgan fingerprint density at radius 3 is 2.71 bits per heavy atom. The Labute approximate surface area is 128 Å². The standard InChI is InChI=1S/C16H26N2O2S/c1-2-17-11-6-7-13-21(19,20)18-12-10-16(14-18)15-8-4-3-5-9-15/h3-5,8-9,16-17H,2,6-7,10-14H2,1H3. The zero-order chi connectivity index (χ0) is 15.1. The van der Waals surface area contributed by atoms with Gasteiger partial charge in [0, 0.05) is 13.1 Å². The second-order valence-corrected chi connectivity index (χ2v) is 7.72. The van der Waals surface area contributed by atoms with Crippen molar-refractivity contribution in [3.63, 3.8) is 0 Å². The molecule has 1 N–H and O–H groups in total. The molecule has 1 aromatic carbocycles. The van der Waals surface area contributed by atoms with Gasteiger partial charge in [-0.2, -0.15) is 0 Å². The number of benzene rings is 1. The average Bonchev–Trinajstić information content (AvgIpc) is 2.99. The maximum absolute atomic E-state index is 12.3. The van der Waals surface area contributed by atoms with E-state index in [4.69, 9.17) is 0 Å². The van der Waals surface area contributed by atoms with Crippen LogP contribution in [0.4, 0.5) is 0 Å². The Morgan fingerprint density at radius 1 is 1.24 bits per heavy atom. The third kappa shape index (κ3) is 4.80. The summed E-state index contributed by atoms with van der Waals surface area (Å²) in [5, 5.41) is 3.22. The minimum absolute atomic E-state index is 0.278. The normalized spacial score (nSPS) is 20.0. The number of nitrogens with one attached hydrogen (secondary N) is 1. The summed E-state index contributed by atoms with van der Waals surface area (Å²) in [6.45, 7) is 5.20. The smallest absolute Gasteiger partial charge is 0.214 e. The van der Waals surface area contributed by atoms with E-state index in [1.165, 1.54) is 5.56 Å². The largest absolute Gasteiger partial charge is 0.317 e. The van der Waals surface area contributed by atoms with Crippen molar-refractivity contribution in [2.75, 3.05) is 31.9 Å². The van der Waals surface area contributed by atoms with Crippen molar-refractivity contribution < 1.29 is 8.42 Å². The molecule has 0 aliphatic carbocycles. The van der Waals surface area contributed by atoms with Gasteiger partial charge in [0.2, 0.25) is 10.0 Å². The van der Waals surface area contributed by atoms with Gasteiger partial charge in [-0.3, -0.25) is 0 Å². The Kier molecular flexibility index (Phi) is 6.21. The monoisotopic (exact) mass is 310 g/mol. The summed E-state index contributed by atoms with van der Waals surface area (Å²) >= 11 is 0. The van der Waals surface area contributed by atoms with E-state index in [-0.39, 0.29) is 5.75 Å². The first-order chi connectivity index (χ1) is 10.1. The number of hydrogen-bond acceptors (Lipinski definition) is 3. The third-order valence-electron chi connectivity index (χ3n) is 4.07. The van der Waals surface area contributed by atoms with Crippen molar-refractivity contribution in [1.82, 2.24) is 9.62 Å². The maximum Gasteiger partial charge on any atom is 0.214 e. The van der Waals surface area contributed by atoms with Crippen LogP contribution in [-0.2, 0) is 10.0 Å². The maximum atomic E-state index is 12.3. The zero-order valence-corrected chi connectivity index (χ0v) is 13.6. The van der Waals surface area contributed by atoms with Crippen LogP contribution < -0.4 is 5.32 Å². The molecule has 1 aromatic rings. The molecule has 1 fully saturated rings. The van der Waals surface area contributed by atoms with Gasteiger partial charge >= 0.3 is 0 Å². The number of nitrogens with zero attached hydrogens (tertiary/aromatic N) is 1. The molecule has 0 aromatic heterocycles. The molecular formula is C16H26N2O2S. The molecule has 4 nitrogen and oxygen atoms in total. The summed E-state index contributed by atoms with van der Waals surface area (Å²) in [6, 6.07) is 10.2. The molecule has 1 heterocycles. The van der Waals surface area contributed by atoms with Crippen LogP contribution in [0.2, 0.25) is 0 Å². The predicted octanol–water partition coefficient (Wildman–Crippen LogP) is 2.20. The summed E-state index contributed by atoms with van der Waals surface area (Å²) in [6.07, 6.45) is 2.59. The molecular weight excluding hydrogens is 284 g/mol. The van der Waals surface area contributed by atoms with Crippen molar-refractivity contribution >= 4 is 10.0 Å². The van der Waals surface area contributed by atoms with E-state index in [9.17, 15) is 8.42 Å². The molecule has 5 heteroatoms. The fraction of sp³-hybridized carbons (Fsp3) is 0.625. The first-order valence-electron chi connectivity index (χ1n) is 7.87. The van der Waals surface area contributed by atoms with Gasteiger partial charge in [0.15, 0.2) is 0 Å². The number of sulfonamides is 1. The number of rotatable bonds is 8. The molecule has 0 radical (unpaired) electrons. The van der Waals surface area contributed by atoms with Crippen LogP contribution in [0.15, 0.2) is 30.3 Å². The molecule has 0 spiro atoms. The van der Waals surface area contributed by atoms with Gasteiger partial charge in [-0.1, -0.05) is 37.3 Å². The highest BCUT2D eigenvalue weighted by atomic mass is 32.2. The summed E-state index contributed by atoms with van der Waals surface area (Å²) < 4.78 is 26.4. The van der Waals surface area contributed by atoms with Gasteiger partial charge in [-0.15, -0.1) is 0 Å². The van der Waals surface area contributed by atoms with Crippen LogP contribution in [0.25, 0.3) is 0 Å². The molecule has 1 unspecified atom stereocenters. The van der Waals surface area contributed by atoms with Gasteiger partial charge < -0.3 is 5.32 Å². The lowest BCUT2D eigenvalue weighted by atomic mass is 9.99. The van der Waals surface area contributed by atoms with Crippen molar-refractivity contribution in [3.8, 4) is 0 Å². The van der Waals surface area contributed by atoms with Crippen LogP contribution in [0, 0.1) is 0 Å². The van der Waals surface area contributed by atoms with E-state index < -0.39 is 10.0 Å². The van der Waals surface area contributed by atoms with Crippen molar-refractivity contribution in [3.05, 3.63) is 35.9 Å². The number of hydrogen-bond donors (Lipinski definition) is 1. The fourth-order valence-electron chi connectivity index (χ4n) is 2.82. The first kappa shape index (κ1) is 16.5. The van der Waals surface area contributed by atoms with Crippen LogP contribution in [-0.4, -0.2) is 44.7 Å². The van der Waals surface area contributed by atoms with E-state index in [2.05, 4.69) is 24.4 Å².